The third-order valence-corrected chi connectivity index (χ3v) is 4.21. The number of methoxy groups -OCH3 is 1. The summed E-state index contributed by atoms with van der Waals surface area (Å²) in [7, 11) is 1.58. The molecule has 6 nitrogen and oxygen atoms in total. The molecule has 0 aromatic heterocycles. The minimum atomic E-state index is -0.675. The largest absolute Gasteiger partial charge is 0.497 e. The molecule has 0 aliphatic rings. The third-order valence-electron chi connectivity index (χ3n) is 4.21. The fourth-order valence-electron chi connectivity index (χ4n) is 2.59. The van der Waals surface area contributed by atoms with Gasteiger partial charge in [-0.1, -0.05) is 12.1 Å². The number of carbonyl (C=O) groups excluding carboxylic acids is 2. The van der Waals surface area contributed by atoms with Crippen LogP contribution >= 0.6 is 0 Å². The highest BCUT2D eigenvalue weighted by atomic mass is 19.1. The van der Waals surface area contributed by atoms with Crippen LogP contribution in [-0.2, 0) is 16.1 Å². The van der Waals surface area contributed by atoms with E-state index in [9.17, 15) is 14.0 Å². The van der Waals surface area contributed by atoms with Crippen molar-refractivity contribution in [2.45, 2.75) is 26.4 Å². The van der Waals surface area contributed by atoms with E-state index in [0.29, 0.717) is 18.0 Å². The molecule has 0 spiro atoms. The molecule has 7 heteroatoms. The van der Waals surface area contributed by atoms with E-state index >= 15 is 0 Å². The molecular weight excluding hydrogens is 363 g/mol. The molecule has 0 heterocycles. The summed E-state index contributed by atoms with van der Waals surface area (Å²) in [6.45, 7) is 3.95. The second-order valence-corrected chi connectivity index (χ2v) is 6.18. The monoisotopic (exact) mass is 388 g/mol. The van der Waals surface area contributed by atoms with E-state index in [1.54, 1.807) is 26.2 Å². The molecule has 2 aromatic carbocycles. The summed E-state index contributed by atoms with van der Waals surface area (Å²) in [5.41, 5.74) is 0.854. The Bertz CT molecular complexity index is 778. The van der Waals surface area contributed by atoms with Gasteiger partial charge in [0, 0.05) is 13.1 Å². The number of hydrogen-bond donors (Lipinski definition) is 1. The number of carbonyl (C=O) groups is 2. The number of ether oxygens (including phenoxy) is 2. The summed E-state index contributed by atoms with van der Waals surface area (Å²) in [5.74, 6) is 0.109. The van der Waals surface area contributed by atoms with E-state index in [4.69, 9.17) is 9.47 Å². The second-order valence-electron chi connectivity index (χ2n) is 6.18. The van der Waals surface area contributed by atoms with Gasteiger partial charge in [0.05, 0.1) is 7.11 Å². The molecule has 0 saturated carbocycles. The molecule has 150 valence electrons. The maximum atomic E-state index is 13.0. The first-order chi connectivity index (χ1) is 13.4. The highest BCUT2D eigenvalue weighted by molar-refractivity contribution is 5.87. The molecule has 0 radical (unpaired) electrons. The Morgan fingerprint density at radius 1 is 1.07 bits per heavy atom. The highest BCUT2D eigenvalue weighted by Crippen LogP contribution is 2.16. The van der Waals surface area contributed by atoms with Gasteiger partial charge in [0.25, 0.3) is 5.91 Å². The van der Waals surface area contributed by atoms with Crippen LogP contribution in [0.5, 0.6) is 11.5 Å². The first-order valence-corrected chi connectivity index (χ1v) is 9.03. The van der Waals surface area contributed by atoms with Gasteiger partial charge in [-0.3, -0.25) is 9.59 Å². The van der Waals surface area contributed by atoms with E-state index < -0.39 is 6.04 Å². The van der Waals surface area contributed by atoms with Gasteiger partial charge in [-0.05, 0) is 55.8 Å². The first kappa shape index (κ1) is 21.2. The Labute approximate surface area is 164 Å². The maximum Gasteiger partial charge on any atom is 0.261 e. The van der Waals surface area contributed by atoms with Gasteiger partial charge in [0.1, 0.15) is 23.4 Å². The third kappa shape index (κ3) is 5.97. The molecule has 2 rings (SSSR count). The van der Waals surface area contributed by atoms with Crippen molar-refractivity contribution < 1.29 is 23.5 Å². The topological polar surface area (TPSA) is 67.9 Å². The molecular formula is C21H25FN2O4. The summed E-state index contributed by atoms with van der Waals surface area (Å²) in [4.78, 5) is 26.5. The zero-order chi connectivity index (χ0) is 20.5. The van der Waals surface area contributed by atoms with Crippen LogP contribution in [0, 0.1) is 5.82 Å². The van der Waals surface area contributed by atoms with E-state index in [0.717, 1.165) is 5.56 Å². The van der Waals surface area contributed by atoms with Gasteiger partial charge in [-0.25, -0.2) is 4.39 Å². The van der Waals surface area contributed by atoms with Crippen LogP contribution in [-0.4, -0.2) is 43.0 Å². The van der Waals surface area contributed by atoms with Crippen molar-refractivity contribution in [3.8, 4) is 11.5 Å². The van der Waals surface area contributed by atoms with Gasteiger partial charge >= 0.3 is 0 Å². The van der Waals surface area contributed by atoms with E-state index in [1.165, 1.54) is 29.2 Å². The van der Waals surface area contributed by atoms with E-state index in [2.05, 4.69) is 5.32 Å². The average Bonchev–Trinajstić information content (AvgIpc) is 2.71. The molecule has 2 amide bonds. The minimum Gasteiger partial charge on any atom is -0.497 e. The van der Waals surface area contributed by atoms with Crippen molar-refractivity contribution in [1.29, 1.82) is 0 Å². The normalized spacial score (nSPS) is 11.4. The lowest BCUT2D eigenvalue weighted by Crippen LogP contribution is -2.49. The minimum absolute atomic E-state index is 0.244. The second kappa shape index (κ2) is 10.3. The predicted octanol–water partition coefficient (Wildman–Crippen LogP) is 2.77. The molecule has 0 bridgehead atoms. The quantitative estimate of drug-likeness (QED) is 0.717. The lowest BCUT2D eigenvalue weighted by molar-refractivity contribution is -0.142. The Morgan fingerprint density at radius 2 is 1.68 bits per heavy atom. The number of benzene rings is 2. The van der Waals surface area contributed by atoms with Crippen molar-refractivity contribution in [2.75, 3.05) is 20.3 Å². The van der Waals surface area contributed by atoms with Crippen LogP contribution in [0.15, 0.2) is 48.5 Å². The molecule has 0 saturated heterocycles. The number of amides is 2. The van der Waals surface area contributed by atoms with Crippen molar-refractivity contribution >= 4 is 11.8 Å². The molecule has 1 atom stereocenters. The number of likely N-dealkylation sites (N-methyl/N-ethyl adjacent to an activating group) is 1. The van der Waals surface area contributed by atoms with Crippen LogP contribution in [0.3, 0.4) is 0 Å². The van der Waals surface area contributed by atoms with Crippen molar-refractivity contribution in [2.24, 2.45) is 0 Å². The first-order valence-electron chi connectivity index (χ1n) is 9.03. The number of hydrogen-bond acceptors (Lipinski definition) is 4. The number of nitrogens with one attached hydrogen (secondary N) is 1. The number of halogens is 1. The molecule has 28 heavy (non-hydrogen) atoms. The summed E-state index contributed by atoms with van der Waals surface area (Å²) < 4.78 is 23.6. The molecule has 0 aliphatic heterocycles. The van der Waals surface area contributed by atoms with Crippen molar-refractivity contribution in [3.63, 3.8) is 0 Å². The number of nitrogens with zero attached hydrogens (tertiary/aromatic N) is 1. The van der Waals surface area contributed by atoms with Gasteiger partial charge in [-0.15, -0.1) is 0 Å². The lowest BCUT2D eigenvalue weighted by Gasteiger charge is -2.28. The lowest BCUT2D eigenvalue weighted by atomic mass is 10.1. The van der Waals surface area contributed by atoms with Crippen LogP contribution < -0.4 is 14.8 Å². The Balaban J connectivity index is 2.11. The SMILES string of the molecule is CCNC(=O)[C@H](C)N(Cc1ccc(OC)cc1)C(=O)COc1ccc(F)cc1. The van der Waals surface area contributed by atoms with Gasteiger partial charge < -0.3 is 19.7 Å². The van der Waals surface area contributed by atoms with E-state index in [1.807, 2.05) is 19.1 Å². The summed E-state index contributed by atoms with van der Waals surface area (Å²) in [6, 6.07) is 12.0. The fourth-order valence-corrected chi connectivity index (χ4v) is 2.59. The van der Waals surface area contributed by atoms with Crippen LogP contribution in [0.4, 0.5) is 4.39 Å². The van der Waals surface area contributed by atoms with Gasteiger partial charge in [0.15, 0.2) is 6.61 Å². The zero-order valence-electron chi connectivity index (χ0n) is 16.3. The maximum absolute atomic E-state index is 13.0. The van der Waals surface area contributed by atoms with Gasteiger partial charge in [-0.2, -0.15) is 0 Å². The Hall–Kier alpha value is -3.09. The van der Waals surface area contributed by atoms with Crippen molar-refractivity contribution in [1.82, 2.24) is 10.2 Å². The van der Waals surface area contributed by atoms with Crippen LogP contribution in [0.25, 0.3) is 0 Å². The number of rotatable bonds is 9. The van der Waals surface area contributed by atoms with Crippen molar-refractivity contribution in [3.05, 3.63) is 59.9 Å². The molecule has 0 unspecified atom stereocenters. The van der Waals surface area contributed by atoms with Crippen LogP contribution in [0.1, 0.15) is 19.4 Å². The Kier molecular flexibility index (Phi) is 7.80. The van der Waals surface area contributed by atoms with Gasteiger partial charge in [0.2, 0.25) is 5.91 Å². The summed E-state index contributed by atoms with van der Waals surface area (Å²) >= 11 is 0. The van der Waals surface area contributed by atoms with E-state index in [-0.39, 0.29) is 30.8 Å². The highest BCUT2D eigenvalue weighted by Gasteiger charge is 2.26. The smallest absolute Gasteiger partial charge is 0.261 e. The summed E-state index contributed by atoms with van der Waals surface area (Å²) in [5, 5.41) is 2.73. The fraction of sp³-hybridized carbons (Fsp3) is 0.333. The molecule has 2 aromatic rings. The Morgan fingerprint density at radius 3 is 2.25 bits per heavy atom. The molecule has 0 aliphatic carbocycles. The zero-order valence-corrected chi connectivity index (χ0v) is 16.3. The molecule has 0 fully saturated rings. The average molecular weight is 388 g/mol. The standard InChI is InChI=1S/C21H25FN2O4/c1-4-23-21(26)15(2)24(13-16-5-9-18(27-3)10-6-16)20(25)14-28-19-11-7-17(22)8-12-19/h5-12,15H,4,13-14H2,1-3H3,(H,23,26)/t15-/m0/s1. The van der Waals surface area contributed by atoms with Crippen LogP contribution in [0.2, 0.25) is 0 Å². The summed E-state index contributed by atoms with van der Waals surface area (Å²) in [6.07, 6.45) is 0. The molecule has 1 N–H and O–H groups in total. The predicted molar refractivity (Wildman–Crippen MR) is 104 cm³/mol.